The predicted molar refractivity (Wildman–Crippen MR) is 98.4 cm³/mol. The highest BCUT2D eigenvalue weighted by molar-refractivity contribution is 7.92. The van der Waals surface area contributed by atoms with Gasteiger partial charge < -0.3 is 10.3 Å². The standard InChI is InChI=1S/C17H20N4O2S/c1-11(2)21-10-15(12-4-7-17(18)19-9-12)14-6-5-13(8-16(14)21)20-24(3,22)23/h4-11,20H,1-3H3,(H2,18,19). The van der Waals surface area contributed by atoms with E-state index in [0.29, 0.717) is 11.5 Å². The van der Waals surface area contributed by atoms with Crippen molar-refractivity contribution in [1.82, 2.24) is 9.55 Å². The van der Waals surface area contributed by atoms with Crippen molar-refractivity contribution < 1.29 is 8.42 Å². The lowest BCUT2D eigenvalue weighted by Gasteiger charge is -2.10. The van der Waals surface area contributed by atoms with Gasteiger partial charge in [-0.2, -0.15) is 0 Å². The molecule has 7 heteroatoms. The van der Waals surface area contributed by atoms with E-state index in [9.17, 15) is 8.42 Å². The Bertz CT molecular complexity index is 989. The predicted octanol–water partition coefficient (Wildman–Crippen LogP) is 3.24. The number of nitrogens with zero attached hydrogens (tertiary/aromatic N) is 2. The van der Waals surface area contributed by atoms with Crippen LogP contribution in [0.2, 0.25) is 0 Å². The number of hydrogen-bond acceptors (Lipinski definition) is 4. The molecule has 1 aromatic carbocycles. The lowest BCUT2D eigenvalue weighted by atomic mass is 10.1. The van der Waals surface area contributed by atoms with Crippen LogP contribution in [-0.2, 0) is 10.0 Å². The second-order valence-electron chi connectivity index (χ2n) is 6.12. The van der Waals surface area contributed by atoms with E-state index < -0.39 is 10.0 Å². The van der Waals surface area contributed by atoms with E-state index in [4.69, 9.17) is 5.73 Å². The number of rotatable bonds is 4. The Labute approximate surface area is 141 Å². The fourth-order valence-corrected chi connectivity index (χ4v) is 3.31. The normalized spacial score (nSPS) is 12.0. The van der Waals surface area contributed by atoms with Crippen LogP contribution in [0.3, 0.4) is 0 Å². The lowest BCUT2D eigenvalue weighted by molar-refractivity contribution is 0.607. The van der Waals surface area contributed by atoms with Gasteiger partial charge in [0.05, 0.1) is 17.5 Å². The van der Waals surface area contributed by atoms with Crippen LogP contribution >= 0.6 is 0 Å². The largest absolute Gasteiger partial charge is 0.384 e. The molecule has 2 heterocycles. The number of nitrogen functional groups attached to an aromatic ring is 1. The fraction of sp³-hybridized carbons (Fsp3) is 0.235. The summed E-state index contributed by atoms with van der Waals surface area (Å²) in [5, 5.41) is 1.04. The number of nitrogens with two attached hydrogens (primary N) is 1. The number of sulfonamides is 1. The Kier molecular flexibility index (Phi) is 3.96. The minimum Gasteiger partial charge on any atom is -0.384 e. The van der Waals surface area contributed by atoms with Crippen LogP contribution < -0.4 is 10.5 Å². The van der Waals surface area contributed by atoms with Crippen LogP contribution in [0.5, 0.6) is 0 Å². The fourth-order valence-electron chi connectivity index (χ4n) is 2.75. The molecule has 2 aromatic heterocycles. The van der Waals surface area contributed by atoms with Crippen molar-refractivity contribution >= 4 is 32.4 Å². The highest BCUT2D eigenvalue weighted by atomic mass is 32.2. The molecule has 24 heavy (non-hydrogen) atoms. The highest BCUT2D eigenvalue weighted by Gasteiger charge is 2.14. The maximum absolute atomic E-state index is 11.5. The number of aromatic nitrogens is 2. The molecule has 6 nitrogen and oxygen atoms in total. The number of anilines is 2. The zero-order valence-corrected chi connectivity index (χ0v) is 14.6. The molecule has 0 saturated heterocycles. The van der Waals surface area contributed by atoms with Crippen molar-refractivity contribution in [3.8, 4) is 11.1 Å². The summed E-state index contributed by atoms with van der Waals surface area (Å²) in [7, 11) is -3.31. The van der Waals surface area contributed by atoms with Gasteiger partial charge in [-0.1, -0.05) is 6.07 Å². The van der Waals surface area contributed by atoms with Crippen LogP contribution in [-0.4, -0.2) is 24.2 Å². The molecule has 0 amide bonds. The SMILES string of the molecule is CC(C)n1cc(-c2ccc(N)nc2)c2ccc(NS(C)(=O)=O)cc21. The monoisotopic (exact) mass is 344 g/mol. The summed E-state index contributed by atoms with van der Waals surface area (Å²) in [6.45, 7) is 4.17. The van der Waals surface area contributed by atoms with E-state index in [-0.39, 0.29) is 6.04 Å². The molecule has 0 aliphatic heterocycles. The van der Waals surface area contributed by atoms with E-state index in [1.54, 1.807) is 18.3 Å². The first-order valence-corrected chi connectivity index (χ1v) is 9.48. The molecule has 0 saturated carbocycles. The lowest BCUT2D eigenvalue weighted by Crippen LogP contribution is -2.09. The summed E-state index contributed by atoms with van der Waals surface area (Å²) in [6, 6.07) is 9.48. The second-order valence-corrected chi connectivity index (χ2v) is 7.87. The van der Waals surface area contributed by atoms with Crippen LogP contribution in [0.15, 0.2) is 42.7 Å². The Morgan fingerprint density at radius 2 is 1.96 bits per heavy atom. The first-order valence-electron chi connectivity index (χ1n) is 7.59. The Hall–Kier alpha value is -2.54. The molecule has 3 N–H and O–H groups in total. The first kappa shape index (κ1) is 16.3. The summed E-state index contributed by atoms with van der Waals surface area (Å²) in [5.74, 6) is 0.478. The smallest absolute Gasteiger partial charge is 0.229 e. The topological polar surface area (TPSA) is 90.0 Å². The average molecular weight is 344 g/mol. The van der Waals surface area contributed by atoms with E-state index >= 15 is 0 Å². The molecule has 0 atom stereocenters. The average Bonchev–Trinajstić information content (AvgIpc) is 2.85. The summed E-state index contributed by atoms with van der Waals surface area (Å²) in [4.78, 5) is 4.16. The van der Waals surface area contributed by atoms with Crippen molar-refractivity contribution in [3.63, 3.8) is 0 Å². The van der Waals surface area contributed by atoms with Gasteiger partial charge >= 0.3 is 0 Å². The second kappa shape index (κ2) is 5.83. The quantitative estimate of drug-likeness (QED) is 0.760. The first-order chi connectivity index (χ1) is 11.2. The van der Waals surface area contributed by atoms with Crippen LogP contribution in [0, 0.1) is 0 Å². The molecule has 126 valence electrons. The summed E-state index contributed by atoms with van der Waals surface area (Å²) < 4.78 is 27.6. The maximum Gasteiger partial charge on any atom is 0.229 e. The van der Waals surface area contributed by atoms with Gasteiger partial charge in [0.2, 0.25) is 10.0 Å². The number of pyridine rings is 1. The number of fused-ring (bicyclic) bond motifs is 1. The van der Waals surface area contributed by atoms with Crippen molar-refractivity contribution in [3.05, 3.63) is 42.7 Å². The van der Waals surface area contributed by atoms with Gasteiger partial charge in [-0.05, 0) is 38.1 Å². The highest BCUT2D eigenvalue weighted by Crippen LogP contribution is 2.34. The molecule has 0 unspecified atom stereocenters. The Morgan fingerprint density at radius 1 is 1.21 bits per heavy atom. The van der Waals surface area contributed by atoms with Gasteiger partial charge in [0.1, 0.15) is 5.82 Å². The third-order valence-corrected chi connectivity index (χ3v) is 4.40. The van der Waals surface area contributed by atoms with E-state index in [1.807, 2.05) is 18.2 Å². The van der Waals surface area contributed by atoms with Gasteiger partial charge in [0, 0.05) is 34.9 Å². The third kappa shape index (κ3) is 3.21. The molecule has 0 fully saturated rings. The van der Waals surface area contributed by atoms with Crippen molar-refractivity contribution in [2.75, 3.05) is 16.7 Å². The molecular weight excluding hydrogens is 324 g/mol. The van der Waals surface area contributed by atoms with E-state index in [1.165, 1.54) is 0 Å². The van der Waals surface area contributed by atoms with Gasteiger partial charge in [-0.3, -0.25) is 4.72 Å². The zero-order valence-electron chi connectivity index (χ0n) is 13.8. The van der Waals surface area contributed by atoms with Crippen LogP contribution in [0.1, 0.15) is 19.9 Å². The minimum atomic E-state index is -3.31. The van der Waals surface area contributed by atoms with Crippen molar-refractivity contribution in [2.24, 2.45) is 0 Å². The van der Waals surface area contributed by atoms with Gasteiger partial charge in [-0.15, -0.1) is 0 Å². The summed E-state index contributed by atoms with van der Waals surface area (Å²) in [6.07, 6.45) is 4.95. The van der Waals surface area contributed by atoms with E-state index in [0.717, 1.165) is 28.3 Å². The molecule has 0 aliphatic carbocycles. The third-order valence-electron chi connectivity index (χ3n) is 3.79. The summed E-state index contributed by atoms with van der Waals surface area (Å²) >= 11 is 0. The van der Waals surface area contributed by atoms with Crippen LogP contribution in [0.25, 0.3) is 22.0 Å². The molecular formula is C17H20N4O2S. The number of benzene rings is 1. The Balaban J connectivity index is 2.20. The maximum atomic E-state index is 11.5. The Morgan fingerprint density at radius 3 is 2.54 bits per heavy atom. The zero-order chi connectivity index (χ0) is 17.5. The van der Waals surface area contributed by atoms with Crippen LogP contribution in [0.4, 0.5) is 11.5 Å². The molecule has 0 radical (unpaired) electrons. The summed E-state index contributed by atoms with van der Waals surface area (Å²) in [5.41, 5.74) is 9.19. The van der Waals surface area contributed by atoms with Gasteiger partial charge in [0.15, 0.2) is 0 Å². The molecule has 0 spiro atoms. The number of hydrogen-bond donors (Lipinski definition) is 2. The van der Waals surface area contributed by atoms with Crippen molar-refractivity contribution in [2.45, 2.75) is 19.9 Å². The van der Waals surface area contributed by atoms with Gasteiger partial charge in [0.25, 0.3) is 0 Å². The molecule has 3 rings (SSSR count). The minimum absolute atomic E-state index is 0.233. The molecule has 0 bridgehead atoms. The van der Waals surface area contributed by atoms with Crippen molar-refractivity contribution in [1.29, 1.82) is 0 Å². The van der Waals surface area contributed by atoms with E-state index in [2.05, 4.69) is 34.3 Å². The van der Waals surface area contributed by atoms with Gasteiger partial charge in [-0.25, -0.2) is 13.4 Å². The number of nitrogens with one attached hydrogen (secondary N) is 1. The molecule has 3 aromatic rings. The molecule has 0 aliphatic rings.